The summed E-state index contributed by atoms with van der Waals surface area (Å²) in [6.07, 6.45) is 2.56. The average Bonchev–Trinajstić information content (AvgIpc) is 3.19. The summed E-state index contributed by atoms with van der Waals surface area (Å²) < 4.78 is 0. The molecular formula is C26H24N4. The number of imidazole rings is 1. The maximum absolute atomic E-state index is 5.00. The lowest BCUT2D eigenvalue weighted by Gasteiger charge is -2.05. The summed E-state index contributed by atoms with van der Waals surface area (Å²) >= 11 is 0. The molecule has 2 aromatic carbocycles. The third kappa shape index (κ3) is 3.60. The lowest BCUT2D eigenvalue weighted by Crippen LogP contribution is -1.91. The van der Waals surface area contributed by atoms with Gasteiger partial charge in [-0.1, -0.05) is 48.0 Å². The molecule has 148 valence electrons. The lowest BCUT2D eigenvalue weighted by molar-refractivity contribution is 1.02. The van der Waals surface area contributed by atoms with Crippen LogP contribution in [0, 0.1) is 13.8 Å². The topological polar surface area (TPSA) is 54.5 Å². The largest absolute Gasteiger partial charge is 0.340 e. The molecule has 0 aliphatic carbocycles. The molecule has 5 aromatic rings. The van der Waals surface area contributed by atoms with Crippen LogP contribution in [0.3, 0.4) is 0 Å². The number of nitrogens with one attached hydrogen (secondary N) is 1. The van der Waals surface area contributed by atoms with Crippen LogP contribution in [0.4, 0.5) is 0 Å². The summed E-state index contributed by atoms with van der Waals surface area (Å²) in [4.78, 5) is 17.7. The lowest BCUT2D eigenvalue weighted by atomic mass is 10.1. The van der Waals surface area contributed by atoms with Crippen LogP contribution in [0.1, 0.15) is 24.1 Å². The Kier molecular flexibility index (Phi) is 4.60. The standard InChI is InChI=1S/C26H22N4.H2/c1-17-8-10-19(11-9-17)15-24-29-25(26(30-24)23-7-3-5-18(2)28-23)21-12-13-22-20(16-21)6-4-14-27-22;/h3-14,16H,15H2,1-2H3,(H,29,30);1H. The normalized spacial score (nSPS) is 11.1. The van der Waals surface area contributed by atoms with E-state index in [4.69, 9.17) is 9.97 Å². The summed E-state index contributed by atoms with van der Waals surface area (Å²) in [5.74, 6) is 0.929. The fraction of sp³-hybridized carbons (Fsp3) is 0.115. The van der Waals surface area contributed by atoms with Crippen molar-refractivity contribution in [2.24, 2.45) is 0 Å². The highest BCUT2D eigenvalue weighted by atomic mass is 15.0. The van der Waals surface area contributed by atoms with E-state index in [1.165, 1.54) is 11.1 Å². The van der Waals surface area contributed by atoms with Crippen molar-refractivity contribution in [1.82, 2.24) is 19.9 Å². The fourth-order valence-electron chi connectivity index (χ4n) is 3.70. The number of hydrogen-bond donors (Lipinski definition) is 1. The molecule has 3 heterocycles. The number of hydrogen-bond acceptors (Lipinski definition) is 3. The van der Waals surface area contributed by atoms with Crippen LogP contribution in [0.5, 0.6) is 0 Å². The van der Waals surface area contributed by atoms with Gasteiger partial charge in [0.05, 0.1) is 22.6 Å². The van der Waals surface area contributed by atoms with Gasteiger partial charge in [0.1, 0.15) is 5.82 Å². The molecule has 0 saturated heterocycles. The van der Waals surface area contributed by atoms with E-state index in [0.717, 1.165) is 51.5 Å². The molecular weight excluding hydrogens is 368 g/mol. The number of pyridine rings is 2. The van der Waals surface area contributed by atoms with Gasteiger partial charge >= 0.3 is 0 Å². The molecule has 1 N–H and O–H groups in total. The summed E-state index contributed by atoms with van der Waals surface area (Å²) in [5, 5.41) is 1.10. The molecule has 0 amide bonds. The highest BCUT2D eigenvalue weighted by molar-refractivity contribution is 5.86. The highest BCUT2D eigenvalue weighted by Gasteiger charge is 2.16. The Hall–Kier alpha value is -3.79. The molecule has 30 heavy (non-hydrogen) atoms. The highest BCUT2D eigenvalue weighted by Crippen LogP contribution is 2.31. The number of aromatic nitrogens is 4. The van der Waals surface area contributed by atoms with Crippen molar-refractivity contribution < 1.29 is 1.43 Å². The molecule has 0 bridgehead atoms. The van der Waals surface area contributed by atoms with Crippen LogP contribution in [-0.4, -0.2) is 19.9 Å². The summed E-state index contributed by atoms with van der Waals surface area (Å²) in [7, 11) is 0. The molecule has 0 radical (unpaired) electrons. The van der Waals surface area contributed by atoms with Crippen molar-refractivity contribution in [2.45, 2.75) is 20.3 Å². The molecule has 4 nitrogen and oxygen atoms in total. The maximum atomic E-state index is 5.00. The van der Waals surface area contributed by atoms with Crippen LogP contribution in [0.15, 0.2) is 79.0 Å². The zero-order valence-electron chi connectivity index (χ0n) is 17.1. The SMILES string of the molecule is Cc1ccc(Cc2nc(-c3ccc4ncccc4c3)c(-c3cccc(C)n3)[nH]2)cc1.[HH]. The van der Waals surface area contributed by atoms with E-state index in [1.807, 2.05) is 43.5 Å². The van der Waals surface area contributed by atoms with Gasteiger partial charge in [0.2, 0.25) is 0 Å². The van der Waals surface area contributed by atoms with Crippen LogP contribution in [-0.2, 0) is 6.42 Å². The number of fused-ring (bicyclic) bond motifs is 1. The van der Waals surface area contributed by atoms with Gasteiger partial charge in [-0.2, -0.15) is 0 Å². The van der Waals surface area contributed by atoms with Gasteiger partial charge < -0.3 is 4.98 Å². The van der Waals surface area contributed by atoms with Crippen molar-refractivity contribution >= 4 is 10.9 Å². The summed E-state index contributed by atoms with van der Waals surface area (Å²) in [6.45, 7) is 4.11. The van der Waals surface area contributed by atoms with Crippen LogP contribution in [0.2, 0.25) is 0 Å². The van der Waals surface area contributed by atoms with E-state index in [9.17, 15) is 0 Å². The Morgan fingerprint density at radius 3 is 2.57 bits per heavy atom. The Morgan fingerprint density at radius 1 is 0.867 bits per heavy atom. The minimum atomic E-state index is 0. The Labute approximate surface area is 177 Å². The molecule has 4 heteroatoms. The van der Waals surface area contributed by atoms with Crippen molar-refractivity contribution in [2.75, 3.05) is 0 Å². The van der Waals surface area contributed by atoms with E-state index < -0.39 is 0 Å². The van der Waals surface area contributed by atoms with Crippen molar-refractivity contribution in [1.29, 1.82) is 0 Å². The minimum absolute atomic E-state index is 0. The molecule has 0 saturated carbocycles. The van der Waals surface area contributed by atoms with E-state index in [0.29, 0.717) is 0 Å². The smallest absolute Gasteiger partial charge is 0.111 e. The predicted molar refractivity (Wildman–Crippen MR) is 123 cm³/mol. The number of nitrogens with zero attached hydrogens (tertiary/aromatic N) is 3. The van der Waals surface area contributed by atoms with Gasteiger partial charge in [-0.15, -0.1) is 0 Å². The number of H-pyrrole nitrogens is 1. The van der Waals surface area contributed by atoms with E-state index in [1.54, 1.807) is 0 Å². The number of benzene rings is 2. The maximum Gasteiger partial charge on any atom is 0.111 e. The zero-order chi connectivity index (χ0) is 20.5. The van der Waals surface area contributed by atoms with Crippen LogP contribution in [0.25, 0.3) is 33.5 Å². The molecule has 0 unspecified atom stereocenters. The molecule has 5 rings (SSSR count). The fourth-order valence-corrected chi connectivity index (χ4v) is 3.70. The van der Waals surface area contributed by atoms with Crippen molar-refractivity contribution in [3.05, 3.63) is 102 Å². The van der Waals surface area contributed by atoms with Gasteiger partial charge in [-0.3, -0.25) is 9.97 Å². The summed E-state index contributed by atoms with van der Waals surface area (Å²) in [5.41, 5.74) is 8.27. The van der Waals surface area contributed by atoms with Crippen molar-refractivity contribution in [3.8, 4) is 22.6 Å². The first kappa shape index (κ1) is 18.3. The molecule has 0 fully saturated rings. The van der Waals surface area contributed by atoms with Gasteiger partial charge in [-0.05, 0) is 49.7 Å². The molecule has 0 atom stereocenters. The number of aromatic amines is 1. The first-order valence-electron chi connectivity index (χ1n) is 10.1. The second kappa shape index (κ2) is 7.56. The first-order valence-corrected chi connectivity index (χ1v) is 10.1. The average molecular weight is 393 g/mol. The third-order valence-electron chi connectivity index (χ3n) is 5.27. The number of aryl methyl sites for hydroxylation is 2. The molecule has 0 spiro atoms. The van der Waals surface area contributed by atoms with Crippen LogP contribution >= 0.6 is 0 Å². The van der Waals surface area contributed by atoms with E-state index in [-0.39, 0.29) is 1.43 Å². The quantitative estimate of drug-likeness (QED) is 0.400. The Morgan fingerprint density at radius 2 is 1.73 bits per heavy atom. The van der Waals surface area contributed by atoms with Gasteiger partial charge in [0.15, 0.2) is 0 Å². The minimum Gasteiger partial charge on any atom is -0.340 e. The Balaban J connectivity index is 0.00000231. The zero-order valence-corrected chi connectivity index (χ0v) is 17.1. The van der Waals surface area contributed by atoms with Gasteiger partial charge in [-0.25, -0.2) is 4.98 Å². The first-order chi connectivity index (χ1) is 14.7. The van der Waals surface area contributed by atoms with Gasteiger partial charge in [0.25, 0.3) is 0 Å². The van der Waals surface area contributed by atoms with Gasteiger partial charge in [0, 0.05) is 30.7 Å². The third-order valence-corrected chi connectivity index (χ3v) is 5.27. The Bertz CT molecular complexity index is 1340. The monoisotopic (exact) mass is 392 g/mol. The summed E-state index contributed by atoms with van der Waals surface area (Å²) in [6, 6.07) is 25.0. The molecule has 3 aromatic heterocycles. The predicted octanol–water partition coefficient (Wildman–Crippen LogP) is 6.14. The second-order valence-corrected chi connectivity index (χ2v) is 7.64. The molecule has 0 aliphatic heterocycles. The number of rotatable bonds is 4. The van der Waals surface area contributed by atoms with E-state index in [2.05, 4.69) is 59.4 Å². The second-order valence-electron chi connectivity index (χ2n) is 7.64. The van der Waals surface area contributed by atoms with Crippen LogP contribution < -0.4 is 0 Å². The molecule has 0 aliphatic rings. The van der Waals surface area contributed by atoms with E-state index >= 15 is 0 Å². The van der Waals surface area contributed by atoms with Crippen molar-refractivity contribution in [3.63, 3.8) is 0 Å².